The first kappa shape index (κ1) is 43.8. The van der Waals surface area contributed by atoms with Crippen LogP contribution in [0.3, 0.4) is 0 Å². The first-order valence-corrected chi connectivity index (χ1v) is 26.8. The smallest absolute Gasteiger partial charge is 0.0555 e. The number of rotatable bonds is 9. The first-order valence-electron chi connectivity index (χ1n) is 26.0. The van der Waals surface area contributed by atoms with E-state index in [1.807, 2.05) is 11.3 Å². The van der Waals surface area contributed by atoms with Crippen LogP contribution in [0.5, 0.6) is 0 Å². The molecule has 3 aromatic heterocycles. The van der Waals surface area contributed by atoms with Crippen LogP contribution in [0.2, 0.25) is 0 Å². The zero-order chi connectivity index (χ0) is 50.1. The van der Waals surface area contributed by atoms with Crippen LogP contribution in [0.25, 0.3) is 120 Å². The number of fused-ring (bicyclic) bond motifs is 9. The molecule has 3 nitrogen and oxygen atoms in total. The van der Waals surface area contributed by atoms with E-state index >= 15 is 0 Å². The molecule has 356 valence electrons. The van der Waals surface area contributed by atoms with E-state index in [1.54, 1.807) is 0 Å². The monoisotopic (exact) mass is 985 g/mol. The Morgan fingerprint density at radius 2 is 0.684 bits per heavy atom. The topological polar surface area (TPSA) is 13.1 Å². The summed E-state index contributed by atoms with van der Waals surface area (Å²) in [7, 11) is 0. The van der Waals surface area contributed by atoms with Crippen molar-refractivity contribution in [3.8, 4) is 55.9 Å². The van der Waals surface area contributed by atoms with Gasteiger partial charge in [0.15, 0.2) is 0 Å². The Balaban J connectivity index is 0.842. The molecule has 0 unspecified atom stereocenters. The maximum absolute atomic E-state index is 2.46. The van der Waals surface area contributed by atoms with Crippen molar-refractivity contribution in [1.29, 1.82) is 0 Å². The van der Waals surface area contributed by atoms with Crippen LogP contribution in [-0.4, -0.2) is 9.13 Å². The molecule has 0 amide bonds. The quantitative estimate of drug-likeness (QED) is 0.140. The fourth-order valence-corrected chi connectivity index (χ4v) is 13.0. The molecule has 0 aliphatic heterocycles. The molecule has 0 fully saturated rings. The molecule has 0 radical (unpaired) electrons. The van der Waals surface area contributed by atoms with Crippen LogP contribution >= 0.6 is 11.3 Å². The molecule has 0 N–H and O–H groups in total. The molecule has 0 spiro atoms. The van der Waals surface area contributed by atoms with Gasteiger partial charge in [0.05, 0.1) is 27.8 Å². The van der Waals surface area contributed by atoms with Crippen LogP contribution in [0, 0.1) is 0 Å². The maximum Gasteiger partial charge on any atom is 0.0555 e. The van der Waals surface area contributed by atoms with Gasteiger partial charge in [-0.25, -0.2) is 0 Å². The predicted molar refractivity (Wildman–Crippen MR) is 324 cm³/mol. The summed E-state index contributed by atoms with van der Waals surface area (Å²) in [5.41, 5.74) is 20.0. The summed E-state index contributed by atoms with van der Waals surface area (Å²) in [4.78, 5) is 2.46. The van der Waals surface area contributed by atoms with Crippen LogP contribution in [0.4, 0.5) is 17.1 Å². The number of aromatic nitrogens is 2. The SMILES string of the molecule is c1ccc(-c2ccc(-c3ccc(N(c4ccc(-c5ccc(-n6c7ccccc7c7ccccc76)cc5)cc4)c4ccc(-c5cccc(-n6c7ccccc7c7ccccc76)c5)cc4)c4c3sc3ccccc34)cc2)cc1. The van der Waals surface area contributed by atoms with Crippen molar-refractivity contribution in [2.24, 2.45) is 0 Å². The molecule has 76 heavy (non-hydrogen) atoms. The lowest BCUT2D eigenvalue weighted by Gasteiger charge is -2.27. The number of para-hydroxylation sites is 4. The minimum absolute atomic E-state index is 1.09. The molecule has 0 aliphatic carbocycles. The second-order valence-electron chi connectivity index (χ2n) is 19.6. The minimum atomic E-state index is 1.09. The van der Waals surface area contributed by atoms with Gasteiger partial charge in [-0.05, 0) is 129 Å². The Hall–Kier alpha value is -9.74. The van der Waals surface area contributed by atoms with E-state index in [1.165, 1.54) is 97.2 Å². The van der Waals surface area contributed by atoms with Crippen molar-refractivity contribution >= 4 is 92.2 Å². The van der Waals surface area contributed by atoms with Crippen molar-refractivity contribution in [2.45, 2.75) is 0 Å². The van der Waals surface area contributed by atoms with Gasteiger partial charge >= 0.3 is 0 Å². The summed E-state index contributed by atoms with van der Waals surface area (Å²) in [6.45, 7) is 0. The highest BCUT2D eigenvalue weighted by atomic mass is 32.1. The molecular formula is C72H47N3S. The van der Waals surface area contributed by atoms with Crippen LogP contribution < -0.4 is 4.90 Å². The number of hydrogen-bond acceptors (Lipinski definition) is 2. The normalized spacial score (nSPS) is 11.7. The Morgan fingerprint density at radius 3 is 1.24 bits per heavy atom. The zero-order valence-corrected chi connectivity index (χ0v) is 42.2. The summed E-state index contributed by atoms with van der Waals surface area (Å²) >= 11 is 1.88. The van der Waals surface area contributed by atoms with E-state index in [0.29, 0.717) is 0 Å². The third-order valence-corrected chi connectivity index (χ3v) is 16.6. The Labute approximate surface area is 444 Å². The summed E-state index contributed by atoms with van der Waals surface area (Å²) in [5, 5.41) is 7.55. The van der Waals surface area contributed by atoms with Gasteiger partial charge in [0.25, 0.3) is 0 Å². The van der Waals surface area contributed by atoms with Gasteiger partial charge in [-0.1, -0.05) is 200 Å². The fourth-order valence-electron chi connectivity index (χ4n) is 11.8. The molecule has 0 aliphatic rings. The van der Waals surface area contributed by atoms with Gasteiger partial charge in [-0.3, -0.25) is 0 Å². The lowest BCUT2D eigenvalue weighted by molar-refractivity contribution is 1.18. The van der Waals surface area contributed by atoms with E-state index in [4.69, 9.17) is 0 Å². The Morgan fingerprint density at radius 1 is 0.276 bits per heavy atom. The highest BCUT2D eigenvalue weighted by molar-refractivity contribution is 7.26. The van der Waals surface area contributed by atoms with Gasteiger partial charge < -0.3 is 14.0 Å². The number of anilines is 3. The van der Waals surface area contributed by atoms with Gasteiger partial charge in [-0.15, -0.1) is 11.3 Å². The van der Waals surface area contributed by atoms with E-state index in [0.717, 1.165) is 39.6 Å². The van der Waals surface area contributed by atoms with Gasteiger partial charge in [-0.2, -0.15) is 0 Å². The summed E-state index contributed by atoms with van der Waals surface area (Å²) in [6, 6.07) is 104. The lowest BCUT2D eigenvalue weighted by atomic mass is 9.97. The van der Waals surface area contributed by atoms with E-state index in [2.05, 4.69) is 299 Å². The van der Waals surface area contributed by atoms with Crippen molar-refractivity contribution in [1.82, 2.24) is 9.13 Å². The molecule has 12 aromatic carbocycles. The third kappa shape index (κ3) is 7.26. The number of nitrogens with zero attached hydrogens (tertiary/aromatic N) is 3. The van der Waals surface area contributed by atoms with Gasteiger partial charge in [0, 0.05) is 64.5 Å². The average Bonchev–Trinajstić information content (AvgIpc) is 4.26. The lowest BCUT2D eigenvalue weighted by Crippen LogP contribution is -2.10. The average molecular weight is 986 g/mol. The van der Waals surface area contributed by atoms with E-state index < -0.39 is 0 Å². The molecule has 4 heteroatoms. The molecule has 15 aromatic rings. The van der Waals surface area contributed by atoms with E-state index in [-0.39, 0.29) is 0 Å². The molecule has 0 bridgehead atoms. The van der Waals surface area contributed by atoms with Crippen LogP contribution in [0.1, 0.15) is 0 Å². The van der Waals surface area contributed by atoms with Crippen LogP contribution in [-0.2, 0) is 0 Å². The maximum atomic E-state index is 2.46. The second-order valence-corrected chi connectivity index (χ2v) is 20.7. The standard InChI is InChI=1S/C72H47N3S/c1-2-15-48(16-3-1)49-29-31-53(32-30-49)59-45-46-69(71-64-23-8-13-28-70(64)76-72(59)71)73(55-39-33-50(34-40-55)51-35-43-57(44-36-51)74-65-24-9-4-19-60(65)61-20-5-10-25-66(61)74)56-41-37-52(38-42-56)54-17-14-18-58(47-54)75-67-26-11-6-21-62(67)63-22-7-12-27-68(63)75/h1-47H. The van der Waals surface area contributed by atoms with Crippen molar-refractivity contribution in [3.63, 3.8) is 0 Å². The summed E-state index contributed by atoms with van der Waals surface area (Å²) < 4.78 is 7.31. The molecule has 3 heterocycles. The number of thiophene rings is 1. The highest BCUT2D eigenvalue weighted by Gasteiger charge is 2.22. The minimum Gasteiger partial charge on any atom is -0.310 e. The van der Waals surface area contributed by atoms with Gasteiger partial charge in [0.2, 0.25) is 0 Å². The first-order chi connectivity index (χ1) is 37.7. The molecule has 0 saturated carbocycles. The van der Waals surface area contributed by atoms with Crippen molar-refractivity contribution < 1.29 is 0 Å². The number of benzene rings is 12. The molecule has 15 rings (SSSR count). The summed E-state index contributed by atoms with van der Waals surface area (Å²) in [6.07, 6.45) is 0. The number of hydrogen-bond donors (Lipinski definition) is 0. The van der Waals surface area contributed by atoms with E-state index in [9.17, 15) is 0 Å². The summed E-state index contributed by atoms with van der Waals surface area (Å²) in [5.74, 6) is 0. The largest absolute Gasteiger partial charge is 0.310 e. The van der Waals surface area contributed by atoms with Crippen molar-refractivity contribution in [3.05, 3.63) is 285 Å². The molecular weight excluding hydrogens is 939 g/mol. The second kappa shape index (κ2) is 18.0. The third-order valence-electron chi connectivity index (χ3n) is 15.4. The Kier molecular flexibility index (Phi) is 10.4. The Bertz CT molecular complexity index is 4550. The van der Waals surface area contributed by atoms with Gasteiger partial charge in [0.1, 0.15) is 0 Å². The van der Waals surface area contributed by atoms with Crippen molar-refractivity contribution in [2.75, 3.05) is 4.90 Å². The fraction of sp³-hybridized carbons (Fsp3) is 0. The highest BCUT2D eigenvalue weighted by Crippen LogP contribution is 2.49. The van der Waals surface area contributed by atoms with Crippen LogP contribution in [0.15, 0.2) is 285 Å². The predicted octanol–water partition coefficient (Wildman–Crippen LogP) is 20.4. The molecule has 0 saturated heterocycles. The molecule has 0 atom stereocenters. The zero-order valence-electron chi connectivity index (χ0n) is 41.4.